The van der Waals surface area contributed by atoms with Crippen LogP contribution < -0.4 is 5.32 Å². The molecule has 1 aromatic heterocycles. The molecule has 3 nitrogen and oxygen atoms in total. The molecule has 1 fully saturated rings. The molecule has 1 aliphatic heterocycles. The van der Waals surface area contributed by atoms with Crippen molar-refractivity contribution in [1.82, 2.24) is 10.5 Å². The lowest BCUT2D eigenvalue weighted by Gasteiger charge is -2.06. The molecule has 0 saturated carbocycles. The van der Waals surface area contributed by atoms with Crippen LogP contribution >= 0.6 is 0 Å². The van der Waals surface area contributed by atoms with Crippen LogP contribution in [0.1, 0.15) is 12.2 Å². The van der Waals surface area contributed by atoms with E-state index in [1.54, 1.807) is 12.3 Å². The monoisotopic (exact) mass is 246 g/mol. The summed E-state index contributed by atoms with van der Waals surface area (Å²) in [6, 6.07) is 6.55. The number of aromatic nitrogens is 1. The Bertz CT molecular complexity index is 532. The Morgan fingerprint density at radius 2 is 2.39 bits per heavy atom. The molecular formula is C14H15FN2O. The van der Waals surface area contributed by atoms with Crippen LogP contribution in [0.5, 0.6) is 0 Å². The number of hydrogen-bond donors (Lipinski definition) is 1. The Labute approximate surface area is 105 Å². The third-order valence-corrected chi connectivity index (χ3v) is 3.42. The number of benzene rings is 1. The van der Waals surface area contributed by atoms with Gasteiger partial charge in [0.25, 0.3) is 0 Å². The number of nitrogens with zero attached hydrogens (tertiary/aromatic N) is 1. The zero-order chi connectivity index (χ0) is 12.4. The Morgan fingerprint density at radius 1 is 1.44 bits per heavy atom. The summed E-state index contributed by atoms with van der Waals surface area (Å²) in [6.07, 6.45) is 3.69. The van der Waals surface area contributed by atoms with Crippen LogP contribution in [-0.2, 0) is 6.42 Å². The van der Waals surface area contributed by atoms with Gasteiger partial charge in [0, 0.05) is 12.0 Å². The zero-order valence-electron chi connectivity index (χ0n) is 10.0. The average Bonchev–Trinajstić information content (AvgIpc) is 3.01. The van der Waals surface area contributed by atoms with Crippen molar-refractivity contribution in [3.63, 3.8) is 0 Å². The smallest absolute Gasteiger partial charge is 0.144 e. The predicted molar refractivity (Wildman–Crippen MR) is 66.6 cm³/mol. The van der Waals surface area contributed by atoms with E-state index in [0.29, 0.717) is 5.92 Å². The van der Waals surface area contributed by atoms with Crippen LogP contribution in [0.15, 0.2) is 35.0 Å². The second-order valence-electron chi connectivity index (χ2n) is 4.74. The summed E-state index contributed by atoms with van der Waals surface area (Å²) < 4.78 is 18.6. The van der Waals surface area contributed by atoms with Crippen LogP contribution in [0.4, 0.5) is 4.39 Å². The van der Waals surface area contributed by atoms with E-state index < -0.39 is 0 Å². The highest BCUT2D eigenvalue weighted by atomic mass is 19.1. The van der Waals surface area contributed by atoms with Crippen molar-refractivity contribution in [2.75, 3.05) is 13.1 Å². The van der Waals surface area contributed by atoms with Crippen molar-refractivity contribution in [2.45, 2.75) is 12.8 Å². The van der Waals surface area contributed by atoms with E-state index in [0.717, 1.165) is 42.8 Å². The maximum Gasteiger partial charge on any atom is 0.144 e. The average molecular weight is 246 g/mol. The standard InChI is InChI=1S/C14H15FN2O/c15-12-3-1-2-11(7-12)13-9-17-18-14(13)6-10-4-5-16-8-10/h1-3,7,9-10,16H,4-6,8H2. The molecule has 0 amide bonds. The van der Waals surface area contributed by atoms with Gasteiger partial charge in [-0.1, -0.05) is 17.3 Å². The molecule has 18 heavy (non-hydrogen) atoms. The Morgan fingerprint density at radius 3 is 3.17 bits per heavy atom. The highest BCUT2D eigenvalue weighted by molar-refractivity contribution is 5.64. The maximum absolute atomic E-state index is 13.2. The van der Waals surface area contributed by atoms with Gasteiger partial charge in [-0.25, -0.2) is 4.39 Å². The van der Waals surface area contributed by atoms with E-state index in [1.807, 2.05) is 6.07 Å². The molecule has 0 radical (unpaired) electrons. The van der Waals surface area contributed by atoms with Gasteiger partial charge in [0.05, 0.1) is 6.20 Å². The highest BCUT2D eigenvalue weighted by Crippen LogP contribution is 2.27. The second-order valence-corrected chi connectivity index (χ2v) is 4.74. The number of rotatable bonds is 3. The van der Waals surface area contributed by atoms with E-state index >= 15 is 0 Å². The van der Waals surface area contributed by atoms with Crippen LogP contribution in [0.2, 0.25) is 0 Å². The third-order valence-electron chi connectivity index (χ3n) is 3.42. The molecular weight excluding hydrogens is 231 g/mol. The van der Waals surface area contributed by atoms with E-state index in [1.165, 1.54) is 12.1 Å². The molecule has 1 unspecified atom stereocenters. The first kappa shape index (κ1) is 11.4. The molecule has 1 saturated heterocycles. The lowest BCUT2D eigenvalue weighted by molar-refractivity contribution is 0.364. The van der Waals surface area contributed by atoms with E-state index in [-0.39, 0.29) is 5.82 Å². The van der Waals surface area contributed by atoms with Gasteiger partial charge in [0.1, 0.15) is 11.6 Å². The molecule has 0 bridgehead atoms. The van der Waals surface area contributed by atoms with Crippen LogP contribution in [0.25, 0.3) is 11.1 Å². The minimum atomic E-state index is -0.234. The van der Waals surface area contributed by atoms with Gasteiger partial charge in [-0.2, -0.15) is 0 Å². The minimum absolute atomic E-state index is 0.234. The normalized spacial score (nSPS) is 19.3. The molecule has 2 heterocycles. The molecule has 0 aliphatic carbocycles. The van der Waals surface area contributed by atoms with Crippen molar-refractivity contribution < 1.29 is 8.91 Å². The van der Waals surface area contributed by atoms with E-state index in [2.05, 4.69) is 10.5 Å². The second kappa shape index (κ2) is 4.90. The molecule has 3 rings (SSSR count). The Kier molecular flexibility index (Phi) is 3.11. The Balaban J connectivity index is 1.86. The Hall–Kier alpha value is -1.68. The fourth-order valence-corrected chi connectivity index (χ4v) is 2.45. The molecule has 0 spiro atoms. The molecule has 94 valence electrons. The summed E-state index contributed by atoms with van der Waals surface area (Å²) in [6.45, 7) is 2.08. The first-order chi connectivity index (χ1) is 8.83. The molecule has 1 aliphatic rings. The van der Waals surface area contributed by atoms with Crippen LogP contribution in [0, 0.1) is 11.7 Å². The minimum Gasteiger partial charge on any atom is -0.361 e. The first-order valence-electron chi connectivity index (χ1n) is 6.23. The fourth-order valence-electron chi connectivity index (χ4n) is 2.45. The van der Waals surface area contributed by atoms with Crippen molar-refractivity contribution >= 4 is 0 Å². The van der Waals surface area contributed by atoms with Gasteiger partial charge in [0.15, 0.2) is 0 Å². The number of hydrogen-bond acceptors (Lipinski definition) is 3. The number of halogens is 1. The predicted octanol–water partition coefficient (Wildman–Crippen LogP) is 2.63. The van der Waals surface area contributed by atoms with Gasteiger partial charge in [-0.05, 0) is 43.1 Å². The van der Waals surface area contributed by atoms with E-state index in [9.17, 15) is 4.39 Å². The summed E-state index contributed by atoms with van der Waals surface area (Å²) in [7, 11) is 0. The van der Waals surface area contributed by atoms with Crippen molar-refractivity contribution in [2.24, 2.45) is 5.92 Å². The SMILES string of the molecule is Fc1cccc(-c2cnoc2CC2CCNC2)c1. The lowest BCUT2D eigenvalue weighted by atomic mass is 9.98. The van der Waals surface area contributed by atoms with Crippen molar-refractivity contribution in [3.8, 4) is 11.1 Å². The van der Waals surface area contributed by atoms with Crippen molar-refractivity contribution in [1.29, 1.82) is 0 Å². The quantitative estimate of drug-likeness (QED) is 0.904. The molecule has 1 aromatic carbocycles. The molecule has 1 atom stereocenters. The van der Waals surface area contributed by atoms with Gasteiger partial charge < -0.3 is 9.84 Å². The molecule has 4 heteroatoms. The third kappa shape index (κ3) is 2.29. The zero-order valence-corrected chi connectivity index (χ0v) is 10.0. The van der Waals surface area contributed by atoms with Crippen LogP contribution in [0.3, 0.4) is 0 Å². The summed E-state index contributed by atoms with van der Waals surface area (Å²) in [5.74, 6) is 1.21. The highest BCUT2D eigenvalue weighted by Gasteiger charge is 2.20. The summed E-state index contributed by atoms with van der Waals surface area (Å²) in [5, 5.41) is 7.18. The fraction of sp³-hybridized carbons (Fsp3) is 0.357. The topological polar surface area (TPSA) is 38.1 Å². The maximum atomic E-state index is 13.2. The van der Waals surface area contributed by atoms with E-state index in [4.69, 9.17) is 4.52 Å². The largest absolute Gasteiger partial charge is 0.361 e. The first-order valence-corrected chi connectivity index (χ1v) is 6.23. The lowest BCUT2D eigenvalue weighted by Crippen LogP contribution is -2.10. The number of nitrogens with one attached hydrogen (secondary N) is 1. The molecule has 2 aromatic rings. The summed E-state index contributed by atoms with van der Waals surface area (Å²) >= 11 is 0. The van der Waals surface area contributed by atoms with Crippen LogP contribution in [-0.4, -0.2) is 18.2 Å². The van der Waals surface area contributed by atoms with Gasteiger partial charge in [-0.15, -0.1) is 0 Å². The van der Waals surface area contributed by atoms with Crippen molar-refractivity contribution in [3.05, 3.63) is 42.0 Å². The molecule has 1 N–H and O–H groups in total. The van der Waals surface area contributed by atoms with Gasteiger partial charge >= 0.3 is 0 Å². The summed E-state index contributed by atoms with van der Waals surface area (Å²) in [4.78, 5) is 0. The van der Waals surface area contributed by atoms with Gasteiger partial charge in [-0.3, -0.25) is 0 Å². The summed E-state index contributed by atoms with van der Waals surface area (Å²) in [5.41, 5.74) is 1.73. The van der Waals surface area contributed by atoms with Gasteiger partial charge in [0.2, 0.25) is 0 Å².